The predicted octanol–water partition coefficient (Wildman–Crippen LogP) is -0.101. The predicted molar refractivity (Wildman–Crippen MR) is 38.8 cm³/mol. The van der Waals surface area contributed by atoms with E-state index in [1.165, 1.54) is 0 Å². The molecule has 0 atom stereocenters. The lowest BCUT2D eigenvalue weighted by Crippen LogP contribution is -2.12. The molecule has 4 heteroatoms. The first-order valence-corrected chi connectivity index (χ1v) is 2.98. The molecular formula is C6H10N4. The van der Waals surface area contributed by atoms with Gasteiger partial charge in [-0.25, -0.2) is 4.98 Å². The molecule has 0 radical (unpaired) electrons. The van der Waals surface area contributed by atoms with Crippen LogP contribution in [-0.4, -0.2) is 15.4 Å². The molecule has 0 fully saturated rings. The molecule has 10 heavy (non-hydrogen) atoms. The first-order chi connectivity index (χ1) is 4.68. The summed E-state index contributed by atoms with van der Waals surface area (Å²) >= 11 is 0. The lowest BCUT2D eigenvalue weighted by atomic mass is 10.3. The average Bonchev–Trinajstić information content (AvgIpc) is 2.13. The van der Waals surface area contributed by atoms with Crippen LogP contribution in [0.25, 0.3) is 0 Å². The Morgan fingerprint density at radius 1 is 1.90 bits per heavy atom. The third kappa shape index (κ3) is 1.58. The van der Waals surface area contributed by atoms with Crippen molar-refractivity contribution in [2.75, 3.05) is 0 Å². The van der Waals surface area contributed by atoms with Crippen LogP contribution in [0.4, 0.5) is 0 Å². The Morgan fingerprint density at radius 2 is 2.60 bits per heavy atom. The van der Waals surface area contributed by atoms with Crippen molar-refractivity contribution < 1.29 is 0 Å². The Hall–Kier alpha value is -1.32. The van der Waals surface area contributed by atoms with Crippen LogP contribution in [0.15, 0.2) is 12.5 Å². The van der Waals surface area contributed by atoms with Crippen molar-refractivity contribution >= 4 is 5.84 Å². The molecule has 0 unspecified atom stereocenters. The number of imidazole rings is 1. The van der Waals surface area contributed by atoms with Crippen LogP contribution in [0.5, 0.6) is 0 Å². The zero-order chi connectivity index (χ0) is 7.56. The smallest absolute Gasteiger partial charge is 0.0966 e. The molecule has 0 spiro atoms. The topological polar surface area (TPSA) is 67.7 Å². The van der Waals surface area contributed by atoms with Crippen LogP contribution in [0, 0.1) is 5.41 Å². The Kier molecular flexibility index (Phi) is 1.71. The highest BCUT2D eigenvalue weighted by atomic mass is 15.0. The Balaban J connectivity index is 2.67. The summed E-state index contributed by atoms with van der Waals surface area (Å²) in [6, 6.07) is 0. The summed E-state index contributed by atoms with van der Waals surface area (Å²) in [6.45, 7) is 0. The van der Waals surface area contributed by atoms with Gasteiger partial charge in [0.05, 0.1) is 17.9 Å². The fourth-order valence-electron chi connectivity index (χ4n) is 0.753. The molecule has 0 aliphatic heterocycles. The monoisotopic (exact) mass is 138 g/mol. The fraction of sp³-hybridized carbons (Fsp3) is 0.333. The minimum Gasteiger partial charge on any atom is -0.387 e. The molecule has 0 aliphatic rings. The lowest BCUT2D eigenvalue weighted by Gasteiger charge is -1.90. The first kappa shape index (κ1) is 6.80. The molecule has 0 aromatic carbocycles. The maximum Gasteiger partial charge on any atom is 0.0966 e. The van der Waals surface area contributed by atoms with Gasteiger partial charge in [-0.3, -0.25) is 5.41 Å². The molecule has 3 N–H and O–H groups in total. The van der Waals surface area contributed by atoms with Gasteiger partial charge in [-0.1, -0.05) is 0 Å². The SMILES string of the molecule is Cn1cnc(CC(=N)N)c1. The molecule has 0 aliphatic carbocycles. The largest absolute Gasteiger partial charge is 0.387 e. The van der Waals surface area contributed by atoms with E-state index in [1.807, 2.05) is 17.8 Å². The van der Waals surface area contributed by atoms with Gasteiger partial charge in [-0.15, -0.1) is 0 Å². The van der Waals surface area contributed by atoms with Gasteiger partial charge in [-0.2, -0.15) is 0 Å². The van der Waals surface area contributed by atoms with Crippen molar-refractivity contribution in [1.29, 1.82) is 5.41 Å². The van der Waals surface area contributed by atoms with Gasteiger partial charge in [0.2, 0.25) is 0 Å². The number of rotatable bonds is 2. The lowest BCUT2D eigenvalue weighted by molar-refractivity contribution is 0.912. The van der Waals surface area contributed by atoms with Crippen molar-refractivity contribution in [3.8, 4) is 0 Å². The van der Waals surface area contributed by atoms with Crippen LogP contribution >= 0.6 is 0 Å². The zero-order valence-electron chi connectivity index (χ0n) is 5.83. The van der Waals surface area contributed by atoms with Crippen molar-refractivity contribution in [1.82, 2.24) is 9.55 Å². The maximum atomic E-state index is 6.97. The van der Waals surface area contributed by atoms with E-state index in [0.717, 1.165) is 5.69 Å². The molecule has 1 aromatic heterocycles. The van der Waals surface area contributed by atoms with Gasteiger partial charge >= 0.3 is 0 Å². The summed E-state index contributed by atoms with van der Waals surface area (Å²) < 4.78 is 1.83. The van der Waals surface area contributed by atoms with Gasteiger partial charge in [0.15, 0.2) is 0 Å². The normalized spacial score (nSPS) is 9.70. The number of hydrogen-bond donors (Lipinski definition) is 2. The van der Waals surface area contributed by atoms with Crippen molar-refractivity contribution in [3.05, 3.63) is 18.2 Å². The Morgan fingerprint density at radius 3 is 3.00 bits per heavy atom. The second kappa shape index (κ2) is 2.51. The van der Waals surface area contributed by atoms with Gasteiger partial charge in [-0.05, 0) is 0 Å². The summed E-state index contributed by atoms with van der Waals surface area (Å²) in [4.78, 5) is 4.00. The van der Waals surface area contributed by atoms with Gasteiger partial charge < -0.3 is 10.3 Å². The average molecular weight is 138 g/mol. The van der Waals surface area contributed by atoms with E-state index in [4.69, 9.17) is 11.1 Å². The van der Waals surface area contributed by atoms with E-state index in [9.17, 15) is 0 Å². The standard InChI is InChI=1S/C6H10N4/c1-10-3-5(9-4-10)2-6(7)8/h3-4H,2H2,1H3,(H3,7,8). The van der Waals surface area contributed by atoms with Gasteiger partial charge in [0, 0.05) is 19.7 Å². The number of aryl methyl sites for hydroxylation is 1. The molecule has 1 aromatic rings. The molecule has 1 rings (SSSR count). The maximum absolute atomic E-state index is 6.97. The first-order valence-electron chi connectivity index (χ1n) is 2.98. The molecule has 0 saturated carbocycles. The number of amidine groups is 1. The second-order valence-corrected chi connectivity index (χ2v) is 2.23. The highest BCUT2D eigenvalue weighted by molar-refractivity contribution is 5.78. The van der Waals surface area contributed by atoms with Crippen LogP contribution < -0.4 is 5.73 Å². The molecule has 0 bridgehead atoms. The van der Waals surface area contributed by atoms with Crippen molar-refractivity contribution in [2.24, 2.45) is 12.8 Å². The molecule has 1 heterocycles. The van der Waals surface area contributed by atoms with E-state index >= 15 is 0 Å². The summed E-state index contributed by atoms with van der Waals surface area (Å²) in [5, 5.41) is 6.97. The van der Waals surface area contributed by atoms with Crippen LogP contribution in [-0.2, 0) is 13.5 Å². The summed E-state index contributed by atoms with van der Waals surface area (Å²) in [7, 11) is 1.89. The van der Waals surface area contributed by atoms with Crippen molar-refractivity contribution in [3.63, 3.8) is 0 Å². The van der Waals surface area contributed by atoms with Crippen molar-refractivity contribution in [2.45, 2.75) is 6.42 Å². The number of nitrogens with zero attached hydrogens (tertiary/aromatic N) is 2. The minimum atomic E-state index is 0.152. The Bertz CT molecular complexity index is 238. The number of aromatic nitrogens is 2. The highest BCUT2D eigenvalue weighted by Gasteiger charge is 1.96. The van der Waals surface area contributed by atoms with Gasteiger partial charge in [0.1, 0.15) is 0 Å². The number of nitrogens with two attached hydrogens (primary N) is 1. The van der Waals surface area contributed by atoms with Crippen LogP contribution in [0.3, 0.4) is 0 Å². The molecule has 0 amide bonds. The zero-order valence-corrected chi connectivity index (χ0v) is 5.83. The number of hydrogen-bond acceptors (Lipinski definition) is 2. The fourth-order valence-corrected chi connectivity index (χ4v) is 0.753. The summed E-state index contributed by atoms with van der Waals surface area (Å²) in [6.07, 6.45) is 3.99. The molecule has 54 valence electrons. The van der Waals surface area contributed by atoms with E-state index in [0.29, 0.717) is 6.42 Å². The molecule has 0 saturated heterocycles. The van der Waals surface area contributed by atoms with Gasteiger partial charge in [0.25, 0.3) is 0 Å². The minimum absolute atomic E-state index is 0.152. The molecular weight excluding hydrogens is 128 g/mol. The van der Waals surface area contributed by atoms with E-state index < -0.39 is 0 Å². The third-order valence-corrected chi connectivity index (χ3v) is 1.13. The summed E-state index contributed by atoms with van der Waals surface area (Å²) in [5.41, 5.74) is 6.01. The Labute approximate surface area is 59.2 Å². The van der Waals surface area contributed by atoms with Crippen LogP contribution in [0.1, 0.15) is 5.69 Å². The van der Waals surface area contributed by atoms with Crippen LogP contribution in [0.2, 0.25) is 0 Å². The van der Waals surface area contributed by atoms with E-state index in [-0.39, 0.29) is 5.84 Å². The molecule has 4 nitrogen and oxygen atoms in total. The highest BCUT2D eigenvalue weighted by Crippen LogP contribution is 1.93. The second-order valence-electron chi connectivity index (χ2n) is 2.23. The number of nitrogens with one attached hydrogen (secondary N) is 1. The third-order valence-electron chi connectivity index (χ3n) is 1.13. The van der Waals surface area contributed by atoms with E-state index in [2.05, 4.69) is 4.98 Å². The van der Waals surface area contributed by atoms with E-state index in [1.54, 1.807) is 6.33 Å². The quantitative estimate of drug-likeness (QED) is 0.442. The summed E-state index contributed by atoms with van der Waals surface area (Å²) in [5.74, 6) is 0.152.